The van der Waals surface area contributed by atoms with Crippen LogP contribution in [0.3, 0.4) is 0 Å². The van der Waals surface area contributed by atoms with Crippen LogP contribution in [0.25, 0.3) is 0 Å². The van der Waals surface area contributed by atoms with E-state index in [1.807, 2.05) is 31.2 Å². The molecule has 1 aromatic rings. The van der Waals surface area contributed by atoms with Gasteiger partial charge in [0.05, 0.1) is 6.10 Å². The van der Waals surface area contributed by atoms with Gasteiger partial charge in [0.15, 0.2) is 5.16 Å². The van der Waals surface area contributed by atoms with Gasteiger partial charge in [0.2, 0.25) is 0 Å². The predicted molar refractivity (Wildman–Crippen MR) is 72.9 cm³/mol. The summed E-state index contributed by atoms with van der Waals surface area (Å²) in [5, 5.41) is 13.3. The van der Waals surface area contributed by atoms with E-state index in [1.165, 1.54) is 11.8 Å². The smallest absolute Gasteiger partial charge is 0.191 e. The summed E-state index contributed by atoms with van der Waals surface area (Å²) >= 11 is 1.51. The van der Waals surface area contributed by atoms with Gasteiger partial charge in [-0.3, -0.25) is 0 Å². The SMILES string of the molecule is CCNc1cc(N(C)CC(C)O)nc(SC)n1. The molecule has 0 aliphatic rings. The Morgan fingerprint density at radius 3 is 2.76 bits per heavy atom. The maximum atomic E-state index is 9.38. The van der Waals surface area contributed by atoms with Gasteiger partial charge in [-0.1, -0.05) is 11.8 Å². The van der Waals surface area contributed by atoms with Crippen LogP contribution in [0.4, 0.5) is 11.6 Å². The fraction of sp³-hybridized carbons (Fsp3) is 0.636. The van der Waals surface area contributed by atoms with Crippen LogP contribution >= 0.6 is 11.8 Å². The monoisotopic (exact) mass is 256 g/mol. The normalized spacial score (nSPS) is 12.3. The summed E-state index contributed by atoms with van der Waals surface area (Å²) in [6.07, 6.45) is 1.57. The van der Waals surface area contributed by atoms with Crippen LogP contribution in [0.15, 0.2) is 11.2 Å². The number of aromatic nitrogens is 2. The Morgan fingerprint density at radius 1 is 1.53 bits per heavy atom. The number of aliphatic hydroxyl groups excluding tert-OH is 1. The summed E-state index contributed by atoms with van der Waals surface area (Å²) in [6.45, 7) is 5.17. The van der Waals surface area contributed by atoms with Crippen molar-refractivity contribution in [3.63, 3.8) is 0 Å². The quantitative estimate of drug-likeness (QED) is 0.593. The van der Waals surface area contributed by atoms with Gasteiger partial charge in [0.1, 0.15) is 11.6 Å². The van der Waals surface area contributed by atoms with E-state index < -0.39 is 0 Å². The van der Waals surface area contributed by atoms with Crippen LogP contribution in [-0.4, -0.2) is 47.6 Å². The van der Waals surface area contributed by atoms with Crippen molar-refractivity contribution < 1.29 is 5.11 Å². The molecule has 2 N–H and O–H groups in total. The van der Waals surface area contributed by atoms with Gasteiger partial charge in [-0.05, 0) is 20.1 Å². The summed E-state index contributed by atoms with van der Waals surface area (Å²) in [5.41, 5.74) is 0. The second-order valence-electron chi connectivity index (χ2n) is 3.86. The van der Waals surface area contributed by atoms with Crippen LogP contribution in [0.1, 0.15) is 13.8 Å². The molecule has 0 radical (unpaired) electrons. The molecular weight excluding hydrogens is 236 g/mol. The zero-order chi connectivity index (χ0) is 12.8. The molecule has 1 rings (SSSR count). The van der Waals surface area contributed by atoms with Crippen LogP contribution in [0.2, 0.25) is 0 Å². The van der Waals surface area contributed by atoms with Gasteiger partial charge in [-0.2, -0.15) is 0 Å². The molecule has 0 saturated heterocycles. The largest absolute Gasteiger partial charge is 0.392 e. The first-order chi connectivity index (χ1) is 8.06. The minimum Gasteiger partial charge on any atom is -0.392 e. The van der Waals surface area contributed by atoms with Gasteiger partial charge in [-0.25, -0.2) is 9.97 Å². The zero-order valence-electron chi connectivity index (χ0n) is 10.8. The maximum absolute atomic E-state index is 9.38. The van der Waals surface area contributed by atoms with E-state index in [0.717, 1.165) is 23.3 Å². The molecule has 0 fully saturated rings. The third kappa shape index (κ3) is 4.40. The van der Waals surface area contributed by atoms with Gasteiger partial charge in [0, 0.05) is 26.2 Å². The first-order valence-corrected chi connectivity index (χ1v) is 6.85. The number of thioether (sulfide) groups is 1. The number of nitrogens with zero attached hydrogens (tertiary/aromatic N) is 3. The minimum absolute atomic E-state index is 0.379. The minimum atomic E-state index is -0.379. The van der Waals surface area contributed by atoms with Crippen LogP contribution in [0.5, 0.6) is 0 Å². The van der Waals surface area contributed by atoms with Crippen molar-refractivity contribution in [2.75, 3.05) is 36.6 Å². The zero-order valence-corrected chi connectivity index (χ0v) is 11.6. The number of likely N-dealkylation sites (N-methyl/N-ethyl adjacent to an activating group) is 1. The van der Waals surface area contributed by atoms with Crippen molar-refractivity contribution in [3.8, 4) is 0 Å². The van der Waals surface area contributed by atoms with Crippen molar-refractivity contribution in [3.05, 3.63) is 6.07 Å². The summed E-state index contributed by atoms with van der Waals surface area (Å²) in [4.78, 5) is 10.7. The van der Waals surface area contributed by atoms with Crippen molar-refractivity contribution in [2.24, 2.45) is 0 Å². The van der Waals surface area contributed by atoms with E-state index in [4.69, 9.17) is 0 Å². The van der Waals surface area contributed by atoms with E-state index in [9.17, 15) is 5.11 Å². The lowest BCUT2D eigenvalue weighted by atomic mass is 10.3. The molecule has 6 heteroatoms. The molecule has 0 spiro atoms. The number of hydrogen-bond donors (Lipinski definition) is 2. The second-order valence-corrected chi connectivity index (χ2v) is 4.63. The standard InChI is InChI=1S/C11H20N4OS/c1-5-12-9-6-10(14-11(13-9)17-4)15(3)7-8(2)16/h6,8,16H,5,7H2,1-4H3,(H,12,13,14). The number of aliphatic hydroxyl groups is 1. The molecule has 1 heterocycles. The summed E-state index contributed by atoms with van der Waals surface area (Å²) < 4.78 is 0. The van der Waals surface area contributed by atoms with Crippen LogP contribution in [-0.2, 0) is 0 Å². The molecule has 0 amide bonds. The summed E-state index contributed by atoms with van der Waals surface area (Å²) in [7, 11) is 1.91. The first kappa shape index (κ1) is 14.1. The highest BCUT2D eigenvalue weighted by atomic mass is 32.2. The lowest BCUT2D eigenvalue weighted by molar-refractivity contribution is 0.201. The van der Waals surface area contributed by atoms with Crippen molar-refractivity contribution >= 4 is 23.4 Å². The Labute approximate surface area is 107 Å². The molecule has 96 valence electrons. The van der Waals surface area contributed by atoms with E-state index in [0.29, 0.717) is 6.54 Å². The Bertz CT molecular complexity index is 359. The Hall–Kier alpha value is -1.01. The maximum Gasteiger partial charge on any atom is 0.191 e. The Balaban J connectivity index is 2.93. The molecule has 1 unspecified atom stereocenters. The Kier molecular flexibility index (Phi) is 5.50. The summed E-state index contributed by atoms with van der Waals surface area (Å²) in [5.74, 6) is 1.64. The number of rotatable bonds is 6. The van der Waals surface area contributed by atoms with E-state index >= 15 is 0 Å². The van der Waals surface area contributed by atoms with E-state index in [2.05, 4.69) is 15.3 Å². The molecule has 0 aromatic carbocycles. The fourth-order valence-corrected chi connectivity index (χ4v) is 1.84. The number of hydrogen-bond acceptors (Lipinski definition) is 6. The average molecular weight is 256 g/mol. The van der Waals surface area contributed by atoms with Crippen molar-refractivity contribution in [2.45, 2.75) is 25.1 Å². The highest BCUT2D eigenvalue weighted by molar-refractivity contribution is 7.98. The van der Waals surface area contributed by atoms with E-state index in [-0.39, 0.29) is 6.10 Å². The third-order valence-electron chi connectivity index (χ3n) is 2.16. The summed E-state index contributed by atoms with van der Waals surface area (Å²) in [6, 6.07) is 1.89. The van der Waals surface area contributed by atoms with Crippen molar-refractivity contribution in [1.82, 2.24) is 9.97 Å². The van der Waals surface area contributed by atoms with Gasteiger partial charge >= 0.3 is 0 Å². The van der Waals surface area contributed by atoms with Crippen LogP contribution in [0, 0.1) is 0 Å². The molecule has 0 bridgehead atoms. The number of anilines is 2. The molecular formula is C11H20N4OS. The topological polar surface area (TPSA) is 61.3 Å². The predicted octanol–water partition coefficient (Wildman–Crippen LogP) is 1.45. The average Bonchev–Trinajstić information content (AvgIpc) is 2.28. The molecule has 5 nitrogen and oxygen atoms in total. The molecule has 0 aliphatic carbocycles. The van der Waals surface area contributed by atoms with E-state index in [1.54, 1.807) is 6.92 Å². The molecule has 0 aliphatic heterocycles. The molecule has 1 aromatic heterocycles. The van der Waals surface area contributed by atoms with Crippen molar-refractivity contribution in [1.29, 1.82) is 0 Å². The lowest BCUT2D eigenvalue weighted by Gasteiger charge is -2.20. The molecule has 17 heavy (non-hydrogen) atoms. The van der Waals surface area contributed by atoms with Gasteiger partial charge in [-0.15, -0.1) is 0 Å². The van der Waals surface area contributed by atoms with Crippen LogP contribution < -0.4 is 10.2 Å². The lowest BCUT2D eigenvalue weighted by Crippen LogP contribution is -2.27. The second kappa shape index (κ2) is 6.66. The van der Waals surface area contributed by atoms with Gasteiger partial charge in [0.25, 0.3) is 0 Å². The first-order valence-electron chi connectivity index (χ1n) is 5.63. The van der Waals surface area contributed by atoms with Gasteiger partial charge < -0.3 is 15.3 Å². The third-order valence-corrected chi connectivity index (χ3v) is 2.71. The highest BCUT2D eigenvalue weighted by Gasteiger charge is 2.09. The highest BCUT2D eigenvalue weighted by Crippen LogP contribution is 2.19. The fourth-order valence-electron chi connectivity index (χ4n) is 1.46. The number of nitrogens with one attached hydrogen (secondary N) is 1. The molecule has 0 saturated carbocycles. The Morgan fingerprint density at radius 2 is 2.24 bits per heavy atom. The molecule has 1 atom stereocenters.